The topological polar surface area (TPSA) is 57.3 Å². The fourth-order valence-corrected chi connectivity index (χ4v) is 3.59. The minimum atomic E-state index is -0.194. The molecule has 1 aromatic heterocycles. The van der Waals surface area contributed by atoms with Crippen LogP contribution in [0.4, 0.5) is 16.2 Å². The average molecular weight is 344 g/mol. The van der Waals surface area contributed by atoms with Crippen LogP contribution < -0.4 is 15.5 Å². The lowest BCUT2D eigenvalue weighted by molar-refractivity contribution is 0.252. The Morgan fingerprint density at radius 2 is 2.00 bits per heavy atom. The van der Waals surface area contributed by atoms with Crippen LogP contribution >= 0.6 is 11.3 Å². The lowest BCUT2D eigenvalue weighted by Gasteiger charge is -2.32. The van der Waals surface area contributed by atoms with Crippen molar-refractivity contribution >= 4 is 28.7 Å². The highest BCUT2D eigenvalue weighted by Gasteiger charge is 2.15. The van der Waals surface area contributed by atoms with Crippen LogP contribution in [0.15, 0.2) is 30.5 Å². The molecule has 0 atom stereocenters. The zero-order chi connectivity index (χ0) is 16.9. The van der Waals surface area contributed by atoms with Gasteiger partial charge in [0.25, 0.3) is 0 Å². The molecule has 1 saturated heterocycles. The van der Waals surface area contributed by atoms with Gasteiger partial charge >= 0.3 is 6.03 Å². The summed E-state index contributed by atoms with van der Waals surface area (Å²) in [5.41, 5.74) is 2.04. The maximum Gasteiger partial charge on any atom is 0.319 e. The number of aryl methyl sites for hydroxylation is 1. The smallest absolute Gasteiger partial charge is 0.319 e. The number of thiazole rings is 1. The first kappa shape index (κ1) is 16.8. The van der Waals surface area contributed by atoms with E-state index in [0.717, 1.165) is 34.6 Å². The normalized spacial score (nSPS) is 15.3. The molecule has 2 N–H and O–H groups in total. The first-order valence-corrected chi connectivity index (χ1v) is 9.23. The molecular weight excluding hydrogens is 320 g/mol. The molecular formula is C18H24N4OS. The third-order valence-electron chi connectivity index (χ3n) is 4.37. The van der Waals surface area contributed by atoms with E-state index in [-0.39, 0.29) is 6.03 Å². The highest BCUT2D eigenvalue weighted by molar-refractivity contribution is 7.11. The van der Waals surface area contributed by atoms with Gasteiger partial charge in [-0.15, -0.1) is 11.3 Å². The molecule has 0 saturated carbocycles. The molecule has 2 amide bonds. The molecule has 6 heteroatoms. The summed E-state index contributed by atoms with van der Waals surface area (Å²) >= 11 is 1.59. The largest absolute Gasteiger partial charge is 0.372 e. The Labute approximate surface area is 147 Å². The minimum absolute atomic E-state index is 0.194. The van der Waals surface area contributed by atoms with E-state index in [1.54, 1.807) is 17.5 Å². The second kappa shape index (κ2) is 7.66. The molecule has 2 aromatic rings. The second-order valence-electron chi connectivity index (χ2n) is 6.37. The quantitative estimate of drug-likeness (QED) is 0.881. The van der Waals surface area contributed by atoms with Crippen molar-refractivity contribution < 1.29 is 4.79 Å². The first-order valence-electron chi connectivity index (χ1n) is 8.41. The Kier molecular flexibility index (Phi) is 5.35. The standard InChI is InChI=1S/C18H24N4OS/c1-13-7-9-22(10-8-13)16-5-3-15(4-6-16)21-18(23)20-12-17-11-19-14(2)24-17/h3-6,11,13H,7-10,12H2,1-2H3,(H2,20,21,23). The number of anilines is 2. The average Bonchev–Trinajstić information content (AvgIpc) is 3.00. The van der Waals surface area contributed by atoms with Gasteiger partial charge in [0.05, 0.1) is 11.6 Å². The van der Waals surface area contributed by atoms with E-state index in [0.29, 0.717) is 6.54 Å². The Balaban J connectivity index is 1.49. The van der Waals surface area contributed by atoms with Crippen molar-refractivity contribution in [2.75, 3.05) is 23.3 Å². The fraction of sp³-hybridized carbons (Fsp3) is 0.444. The molecule has 0 aliphatic carbocycles. The van der Waals surface area contributed by atoms with E-state index in [1.807, 2.05) is 19.1 Å². The van der Waals surface area contributed by atoms with Gasteiger partial charge in [0.1, 0.15) is 0 Å². The molecule has 5 nitrogen and oxygen atoms in total. The molecule has 2 heterocycles. The molecule has 1 aromatic carbocycles. The number of carbonyl (C=O) groups is 1. The summed E-state index contributed by atoms with van der Waals surface area (Å²) < 4.78 is 0. The number of nitrogens with one attached hydrogen (secondary N) is 2. The molecule has 24 heavy (non-hydrogen) atoms. The van der Waals surface area contributed by atoms with Crippen LogP contribution in [0.5, 0.6) is 0 Å². The number of benzene rings is 1. The second-order valence-corrected chi connectivity index (χ2v) is 7.69. The number of piperidine rings is 1. The molecule has 0 bridgehead atoms. The van der Waals surface area contributed by atoms with Gasteiger partial charge in [-0.2, -0.15) is 0 Å². The molecule has 1 aliphatic rings. The highest BCUT2D eigenvalue weighted by atomic mass is 32.1. The number of amides is 2. The predicted molar refractivity (Wildman–Crippen MR) is 99.8 cm³/mol. The summed E-state index contributed by atoms with van der Waals surface area (Å²) in [5, 5.41) is 6.73. The molecule has 3 rings (SSSR count). The van der Waals surface area contributed by atoms with Gasteiger partial charge in [-0.25, -0.2) is 9.78 Å². The van der Waals surface area contributed by atoms with Crippen molar-refractivity contribution in [1.82, 2.24) is 10.3 Å². The van der Waals surface area contributed by atoms with Gasteiger partial charge in [0.15, 0.2) is 0 Å². The molecule has 0 radical (unpaired) electrons. The van der Waals surface area contributed by atoms with Crippen LogP contribution in [0.25, 0.3) is 0 Å². The number of carbonyl (C=O) groups excluding carboxylic acids is 1. The maximum absolute atomic E-state index is 12.0. The third kappa shape index (κ3) is 4.47. The summed E-state index contributed by atoms with van der Waals surface area (Å²) in [6.07, 6.45) is 4.30. The van der Waals surface area contributed by atoms with Crippen LogP contribution in [-0.4, -0.2) is 24.1 Å². The van der Waals surface area contributed by atoms with Gasteiger partial charge in [-0.3, -0.25) is 0 Å². The van der Waals surface area contributed by atoms with Gasteiger partial charge in [-0.1, -0.05) is 6.92 Å². The zero-order valence-corrected chi connectivity index (χ0v) is 15.0. The van der Waals surface area contributed by atoms with Gasteiger partial charge < -0.3 is 15.5 Å². The molecule has 128 valence electrons. The van der Waals surface area contributed by atoms with Gasteiger partial charge in [0.2, 0.25) is 0 Å². The van der Waals surface area contributed by atoms with Gasteiger partial charge in [-0.05, 0) is 49.9 Å². The number of rotatable bonds is 4. The summed E-state index contributed by atoms with van der Waals surface area (Å²) in [5.74, 6) is 0.827. The van der Waals surface area contributed by atoms with Crippen LogP contribution in [0.2, 0.25) is 0 Å². The van der Waals surface area contributed by atoms with Crippen molar-refractivity contribution in [3.8, 4) is 0 Å². The molecule has 0 spiro atoms. The lowest BCUT2D eigenvalue weighted by atomic mass is 9.99. The number of hydrogen-bond acceptors (Lipinski definition) is 4. The van der Waals surface area contributed by atoms with Crippen LogP contribution in [0.3, 0.4) is 0 Å². The number of hydrogen-bond donors (Lipinski definition) is 2. The van der Waals surface area contributed by atoms with E-state index in [1.165, 1.54) is 18.5 Å². The molecule has 1 aliphatic heterocycles. The Morgan fingerprint density at radius 1 is 1.29 bits per heavy atom. The van der Waals surface area contributed by atoms with Crippen LogP contribution in [0.1, 0.15) is 29.7 Å². The number of urea groups is 1. The monoisotopic (exact) mass is 344 g/mol. The molecule has 1 fully saturated rings. The van der Waals surface area contributed by atoms with Crippen molar-refractivity contribution in [1.29, 1.82) is 0 Å². The summed E-state index contributed by atoms with van der Waals surface area (Å²) in [6, 6.07) is 7.89. The fourth-order valence-electron chi connectivity index (χ4n) is 2.85. The maximum atomic E-state index is 12.0. The summed E-state index contributed by atoms with van der Waals surface area (Å²) in [4.78, 5) is 19.6. The molecule has 0 unspecified atom stereocenters. The van der Waals surface area contributed by atoms with Crippen LogP contribution in [0, 0.1) is 12.8 Å². The van der Waals surface area contributed by atoms with E-state index in [2.05, 4.69) is 39.6 Å². The Hall–Kier alpha value is -2.08. The highest BCUT2D eigenvalue weighted by Crippen LogP contribution is 2.24. The van der Waals surface area contributed by atoms with Gasteiger partial charge in [0, 0.05) is 35.5 Å². The summed E-state index contributed by atoms with van der Waals surface area (Å²) in [7, 11) is 0. The summed E-state index contributed by atoms with van der Waals surface area (Å²) in [6.45, 7) is 7.00. The van der Waals surface area contributed by atoms with Crippen molar-refractivity contribution in [2.45, 2.75) is 33.2 Å². The van der Waals surface area contributed by atoms with E-state index < -0.39 is 0 Å². The Morgan fingerprint density at radius 3 is 2.62 bits per heavy atom. The first-order chi connectivity index (χ1) is 11.6. The minimum Gasteiger partial charge on any atom is -0.372 e. The number of aromatic nitrogens is 1. The van der Waals surface area contributed by atoms with Crippen molar-refractivity contribution in [3.63, 3.8) is 0 Å². The lowest BCUT2D eigenvalue weighted by Crippen LogP contribution is -2.32. The predicted octanol–water partition coefficient (Wildman–Crippen LogP) is 4.01. The van der Waals surface area contributed by atoms with E-state index >= 15 is 0 Å². The van der Waals surface area contributed by atoms with Crippen molar-refractivity contribution in [3.05, 3.63) is 40.3 Å². The number of nitrogens with zero attached hydrogens (tertiary/aromatic N) is 2. The van der Waals surface area contributed by atoms with E-state index in [4.69, 9.17) is 0 Å². The van der Waals surface area contributed by atoms with Crippen molar-refractivity contribution in [2.24, 2.45) is 5.92 Å². The third-order valence-corrected chi connectivity index (χ3v) is 5.28. The van der Waals surface area contributed by atoms with Crippen LogP contribution in [-0.2, 0) is 6.54 Å². The SMILES string of the molecule is Cc1ncc(CNC(=O)Nc2ccc(N3CCC(C)CC3)cc2)s1. The zero-order valence-electron chi connectivity index (χ0n) is 14.2. The Bertz CT molecular complexity index is 675. The van der Waals surface area contributed by atoms with E-state index in [9.17, 15) is 4.79 Å².